The number of anilines is 2. The van der Waals surface area contributed by atoms with Crippen LogP contribution >= 0.6 is 11.6 Å². The third kappa shape index (κ3) is 4.04. The molecule has 6 nitrogen and oxygen atoms in total. The second kappa shape index (κ2) is 8.31. The summed E-state index contributed by atoms with van der Waals surface area (Å²) < 4.78 is 13.2. The van der Waals surface area contributed by atoms with Gasteiger partial charge in [-0.3, -0.25) is 4.79 Å². The molecule has 1 aromatic heterocycles. The number of carbonyl (C=O) groups is 1. The zero-order valence-corrected chi connectivity index (χ0v) is 16.4. The maximum atomic E-state index is 13.2. The molecule has 28 heavy (non-hydrogen) atoms. The Bertz CT molecular complexity index is 850. The zero-order chi connectivity index (χ0) is 19.5. The monoisotopic (exact) mass is 403 g/mol. The highest BCUT2D eigenvalue weighted by Gasteiger charge is 2.25. The molecule has 2 fully saturated rings. The Kier molecular flexibility index (Phi) is 5.62. The molecule has 0 saturated carbocycles. The van der Waals surface area contributed by atoms with Gasteiger partial charge in [0, 0.05) is 45.3 Å². The lowest BCUT2D eigenvalue weighted by molar-refractivity contribution is 0.0746. The number of benzene rings is 1. The minimum atomic E-state index is -0.445. The van der Waals surface area contributed by atoms with E-state index in [0.717, 1.165) is 24.7 Å². The van der Waals surface area contributed by atoms with E-state index in [1.165, 1.54) is 37.5 Å². The first-order chi connectivity index (χ1) is 13.6. The summed E-state index contributed by atoms with van der Waals surface area (Å²) in [6.45, 7) is 4.57. The third-order valence-corrected chi connectivity index (χ3v) is 5.68. The molecular formula is C20H23ClFN5O. The molecule has 0 aliphatic carbocycles. The standard InChI is InChI=1S/C20H23ClFN5O/c21-17-12-15(22)4-5-16(17)20(28)27-10-8-26(9-11-27)19-13-18(23-14-24-19)25-6-2-1-3-7-25/h4-5,12-14H,1-3,6-11H2. The van der Waals surface area contributed by atoms with Gasteiger partial charge in [0.2, 0.25) is 0 Å². The number of amides is 1. The number of hydrogen-bond acceptors (Lipinski definition) is 5. The molecule has 0 radical (unpaired) electrons. The Labute approximate surface area is 168 Å². The maximum absolute atomic E-state index is 13.2. The number of piperazine rings is 1. The molecule has 0 bridgehead atoms. The van der Waals surface area contributed by atoms with Crippen LogP contribution in [0, 0.1) is 5.82 Å². The van der Waals surface area contributed by atoms with Crippen LogP contribution in [-0.4, -0.2) is 60.0 Å². The summed E-state index contributed by atoms with van der Waals surface area (Å²) in [6, 6.07) is 5.92. The van der Waals surface area contributed by atoms with Gasteiger partial charge in [0.15, 0.2) is 0 Å². The van der Waals surface area contributed by atoms with E-state index in [-0.39, 0.29) is 10.9 Å². The Morgan fingerprint density at radius 3 is 2.18 bits per heavy atom. The van der Waals surface area contributed by atoms with E-state index < -0.39 is 5.82 Å². The van der Waals surface area contributed by atoms with Gasteiger partial charge in [-0.15, -0.1) is 0 Å². The number of halogens is 2. The number of aromatic nitrogens is 2. The second-order valence-electron chi connectivity index (χ2n) is 7.19. The molecule has 2 saturated heterocycles. The van der Waals surface area contributed by atoms with Gasteiger partial charge in [0.1, 0.15) is 23.8 Å². The van der Waals surface area contributed by atoms with E-state index in [4.69, 9.17) is 11.6 Å². The van der Waals surface area contributed by atoms with E-state index >= 15 is 0 Å². The highest BCUT2D eigenvalue weighted by atomic mass is 35.5. The SMILES string of the molecule is O=C(c1ccc(F)cc1Cl)N1CCN(c2cc(N3CCCCC3)ncn2)CC1. The molecule has 148 valence electrons. The average Bonchev–Trinajstić information content (AvgIpc) is 2.74. The predicted molar refractivity (Wildman–Crippen MR) is 108 cm³/mol. The van der Waals surface area contributed by atoms with Crippen molar-refractivity contribution in [3.63, 3.8) is 0 Å². The Morgan fingerprint density at radius 2 is 1.54 bits per heavy atom. The van der Waals surface area contributed by atoms with Crippen LogP contribution in [0.5, 0.6) is 0 Å². The summed E-state index contributed by atoms with van der Waals surface area (Å²) in [6.07, 6.45) is 5.30. The molecule has 2 aliphatic heterocycles. The lowest BCUT2D eigenvalue weighted by atomic mass is 10.1. The molecule has 2 aromatic rings. The number of piperidine rings is 1. The van der Waals surface area contributed by atoms with Crippen molar-refractivity contribution in [2.24, 2.45) is 0 Å². The van der Waals surface area contributed by atoms with Crippen LogP contribution < -0.4 is 9.80 Å². The van der Waals surface area contributed by atoms with Gasteiger partial charge in [-0.25, -0.2) is 14.4 Å². The lowest BCUT2D eigenvalue weighted by Crippen LogP contribution is -2.49. The fraction of sp³-hybridized carbons (Fsp3) is 0.450. The van der Waals surface area contributed by atoms with Gasteiger partial charge in [-0.1, -0.05) is 11.6 Å². The molecule has 1 amide bonds. The molecule has 0 N–H and O–H groups in total. The largest absolute Gasteiger partial charge is 0.356 e. The van der Waals surface area contributed by atoms with Crippen LogP contribution in [0.1, 0.15) is 29.6 Å². The number of hydrogen-bond donors (Lipinski definition) is 0. The van der Waals surface area contributed by atoms with Crippen molar-refractivity contribution < 1.29 is 9.18 Å². The zero-order valence-electron chi connectivity index (χ0n) is 15.7. The van der Waals surface area contributed by atoms with Crippen LogP contribution in [0.25, 0.3) is 0 Å². The topological polar surface area (TPSA) is 52.6 Å². The Hall–Kier alpha value is -2.41. The normalized spacial score (nSPS) is 17.7. The van der Waals surface area contributed by atoms with Gasteiger partial charge >= 0.3 is 0 Å². The van der Waals surface area contributed by atoms with Gasteiger partial charge in [0.25, 0.3) is 5.91 Å². The van der Waals surface area contributed by atoms with Crippen molar-refractivity contribution in [2.45, 2.75) is 19.3 Å². The van der Waals surface area contributed by atoms with Crippen LogP contribution in [-0.2, 0) is 0 Å². The molecular weight excluding hydrogens is 381 g/mol. The lowest BCUT2D eigenvalue weighted by Gasteiger charge is -2.36. The van der Waals surface area contributed by atoms with E-state index in [1.54, 1.807) is 11.2 Å². The first-order valence-electron chi connectivity index (χ1n) is 9.68. The summed E-state index contributed by atoms with van der Waals surface area (Å²) in [5, 5.41) is 0.148. The van der Waals surface area contributed by atoms with Gasteiger partial charge in [-0.2, -0.15) is 0 Å². The van der Waals surface area contributed by atoms with Crippen LogP contribution in [0.3, 0.4) is 0 Å². The van der Waals surface area contributed by atoms with Gasteiger partial charge < -0.3 is 14.7 Å². The average molecular weight is 404 g/mol. The first-order valence-corrected chi connectivity index (χ1v) is 10.1. The minimum absolute atomic E-state index is 0.148. The molecule has 2 aliphatic rings. The Morgan fingerprint density at radius 1 is 0.893 bits per heavy atom. The van der Waals surface area contributed by atoms with E-state index in [1.807, 2.05) is 6.07 Å². The van der Waals surface area contributed by atoms with Gasteiger partial charge in [0.05, 0.1) is 10.6 Å². The smallest absolute Gasteiger partial charge is 0.255 e. The summed E-state index contributed by atoms with van der Waals surface area (Å²) in [4.78, 5) is 27.8. The van der Waals surface area contributed by atoms with Crippen molar-refractivity contribution in [3.05, 3.63) is 47.0 Å². The second-order valence-corrected chi connectivity index (χ2v) is 7.59. The third-order valence-electron chi connectivity index (χ3n) is 5.37. The Balaban J connectivity index is 1.40. The molecule has 0 atom stereocenters. The quantitative estimate of drug-likeness (QED) is 0.787. The fourth-order valence-corrected chi connectivity index (χ4v) is 4.03. The molecule has 4 rings (SSSR count). The van der Waals surface area contributed by atoms with Crippen LogP contribution in [0.15, 0.2) is 30.6 Å². The molecule has 0 spiro atoms. The molecule has 0 unspecified atom stereocenters. The van der Waals surface area contributed by atoms with Crippen molar-refractivity contribution in [1.82, 2.24) is 14.9 Å². The van der Waals surface area contributed by atoms with Gasteiger partial charge in [-0.05, 0) is 37.5 Å². The van der Waals surface area contributed by atoms with E-state index in [0.29, 0.717) is 31.7 Å². The molecule has 3 heterocycles. The highest BCUT2D eigenvalue weighted by Crippen LogP contribution is 2.23. The van der Waals surface area contributed by atoms with Crippen LogP contribution in [0.4, 0.5) is 16.0 Å². The number of nitrogens with zero attached hydrogens (tertiary/aromatic N) is 5. The number of rotatable bonds is 3. The predicted octanol–water partition coefficient (Wildman–Crippen LogP) is 3.22. The summed E-state index contributed by atoms with van der Waals surface area (Å²) in [7, 11) is 0. The van der Waals surface area contributed by atoms with Crippen molar-refractivity contribution in [1.29, 1.82) is 0 Å². The highest BCUT2D eigenvalue weighted by molar-refractivity contribution is 6.33. The first kappa shape index (κ1) is 18.9. The minimum Gasteiger partial charge on any atom is -0.356 e. The van der Waals surface area contributed by atoms with Crippen molar-refractivity contribution in [3.8, 4) is 0 Å². The van der Waals surface area contributed by atoms with E-state index in [2.05, 4.69) is 19.8 Å². The maximum Gasteiger partial charge on any atom is 0.255 e. The molecule has 1 aromatic carbocycles. The van der Waals surface area contributed by atoms with Crippen molar-refractivity contribution in [2.75, 3.05) is 49.1 Å². The van der Waals surface area contributed by atoms with Crippen molar-refractivity contribution >= 4 is 29.1 Å². The summed E-state index contributed by atoms with van der Waals surface area (Å²) in [5.74, 6) is 1.25. The van der Waals surface area contributed by atoms with E-state index in [9.17, 15) is 9.18 Å². The van der Waals surface area contributed by atoms with Crippen LogP contribution in [0.2, 0.25) is 5.02 Å². The summed E-state index contributed by atoms with van der Waals surface area (Å²) in [5.41, 5.74) is 0.339. The fourth-order valence-electron chi connectivity index (χ4n) is 3.78. The summed E-state index contributed by atoms with van der Waals surface area (Å²) >= 11 is 6.04. The molecule has 8 heteroatoms. The number of carbonyl (C=O) groups excluding carboxylic acids is 1.